The van der Waals surface area contributed by atoms with Crippen molar-refractivity contribution in [2.24, 2.45) is 0 Å². The number of piperazine rings is 1. The number of hydrogen-bond acceptors (Lipinski definition) is 6. The number of carbonyl (C=O) groups excluding carboxylic acids is 1. The summed E-state index contributed by atoms with van der Waals surface area (Å²) in [4.78, 5) is 26.1. The van der Waals surface area contributed by atoms with Crippen LogP contribution in [0, 0.1) is 0 Å². The highest BCUT2D eigenvalue weighted by Crippen LogP contribution is 2.34. The van der Waals surface area contributed by atoms with Gasteiger partial charge in [0.1, 0.15) is 0 Å². The van der Waals surface area contributed by atoms with Gasteiger partial charge < -0.3 is 15.1 Å². The summed E-state index contributed by atoms with van der Waals surface area (Å²) in [6.07, 6.45) is 1.80. The molecule has 1 saturated heterocycles. The summed E-state index contributed by atoms with van der Waals surface area (Å²) in [6.45, 7) is 3.24. The molecule has 0 unspecified atom stereocenters. The van der Waals surface area contributed by atoms with E-state index in [1.807, 2.05) is 40.7 Å². The molecule has 180 valence electrons. The van der Waals surface area contributed by atoms with Crippen LogP contribution in [0.5, 0.6) is 0 Å². The number of nitrogens with one attached hydrogen (secondary N) is 1. The highest BCUT2D eigenvalue weighted by atomic mass is 35.5. The first kappa shape index (κ1) is 22.9. The lowest BCUT2D eigenvalue weighted by Gasteiger charge is -2.32. The third kappa shape index (κ3) is 4.41. The normalized spacial score (nSPS) is 14.4. The van der Waals surface area contributed by atoms with Crippen LogP contribution in [-0.4, -0.2) is 58.9 Å². The lowest BCUT2D eigenvalue weighted by atomic mass is 10.0. The van der Waals surface area contributed by atoms with E-state index in [9.17, 15) is 4.79 Å². The summed E-state index contributed by atoms with van der Waals surface area (Å²) in [6, 6.07) is 19.9. The van der Waals surface area contributed by atoms with Crippen molar-refractivity contribution in [3.8, 4) is 11.1 Å². The highest BCUT2D eigenvalue weighted by molar-refractivity contribution is 7.16. The van der Waals surface area contributed by atoms with Gasteiger partial charge in [0, 0.05) is 65.3 Å². The number of halogens is 1. The molecule has 36 heavy (non-hydrogen) atoms. The van der Waals surface area contributed by atoms with Crippen LogP contribution in [0.2, 0.25) is 5.02 Å². The van der Waals surface area contributed by atoms with E-state index in [0.717, 1.165) is 69.8 Å². The lowest BCUT2D eigenvalue weighted by Crippen LogP contribution is -2.47. The molecule has 3 heterocycles. The largest absolute Gasteiger partial charge is 0.355 e. The number of thiazole rings is 1. The molecule has 2 aromatic heterocycles. The van der Waals surface area contributed by atoms with Gasteiger partial charge in [-0.25, -0.2) is 4.98 Å². The van der Waals surface area contributed by atoms with E-state index in [4.69, 9.17) is 11.6 Å². The number of rotatable bonds is 4. The standard InChI is InChI=1S/C28H24ClN5OS/c1-33-10-12-34(13-11-33)28(35)19-2-5-21(23(29)15-19)18-3-6-24-22(14-18)25(8-9-30-24)32-20-4-7-27-26(16-20)31-17-36-27/h2-9,14-17H,10-13H2,1H3,(H,30,32). The molecule has 1 aliphatic rings. The maximum absolute atomic E-state index is 13.0. The van der Waals surface area contributed by atoms with Crippen molar-refractivity contribution in [3.05, 3.63) is 83.0 Å². The van der Waals surface area contributed by atoms with Gasteiger partial charge >= 0.3 is 0 Å². The number of pyridine rings is 1. The number of amides is 1. The van der Waals surface area contributed by atoms with E-state index in [2.05, 4.69) is 51.5 Å². The Hall–Kier alpha value is -3.52. The van der Waals surface area contributed by atoms with Crippen LogP contribution in [-0.2, 0) is 0 Å². The van der Waals surface area contributed by atoms with E-state index < -0.39 is 0 Å². The van der Waals surface area contributed by atoms with Gasteiger partial charge in [-0.1, -0.05) is 23.7 Å². The number of aromatic nitrogens is 2. The number of nitrogens with zero attached hydrogens (tertiary/aromatic N) is 4. The smallest absolute Gasteiger partial charge is 0.253 e. The fraction of sp³-hybridized carbons (Fsp3) is 0.179. The first-order chi connectivity index (χ1) is 17.5. The fourth-order valence-corrected chi connectivity index (χ4v) is 5.54. The molecular weight excluding hydrogens is 490 g/mol. The van der Waals surface area contributed by atoms with Crippen LogP contribution in [0.4, 0.5) is 11.4 Å². The van der Waals surface area contributed by atoms with Crippen LogP contribution < -0.4 is 5.32 Å². The van der Waals surface area contributed by atoms with Crippen molar-refractivity contribution >= 4 is 61.3 Å². The highest BCUT2D eigenvalue weighted by Gasteiger charge is 2.21. The van der Waals surface area contributed by atoms with Crippen molar-refractivity contribution < 1.29 is 4.79 Å². The Labute approximate surface area is 218 Å². The monoisotopic (exact) mass is 513 g/mol. The second kappa shape index (κ2) is 9.50. The van der Waals surface area contributed by atoms with Crippen LogP contribution in [0.3, 0.4) is 0 Å². The topological polar surface area (TPSA) is 61.4 Å². The number of benzene rings is 3. The number of anilines is 2. The van der Waals surface area contributed by atoms with Gasteiger partial charge in [-0.05, 0) is 61.1 Å². The number of fused-ring (bicyclic) bond motifs is 2. The summed E-state index contributed by atoms with van der Waals surface area (Å²) < 4.78 is 1.16. The average molecular weight is 514 g/mol. The number of carbonyl (C=O) groups is 1. The predicted octanol–water partition coefficient (Wildman–Crippen LogP) is 6.30. The fourth-order valence-electron chi connectivity index (χ4n) is 4.59. The maximum atomic E-state index is 13.0. The van der Waals surface area contributed by atoms with Crippen LogP contribution in [0.25, 0.3) is 32.2 Å². The van der Waals surface area contributed by atoms with E-state index in [0.29, 0.717) is 10.6 Å². The third-order valence-corrected chi connectivity index (χ3v) is 7.79. The first-order valence-electron chi connectivity index (χ1n) is 11.8. The Balaban J connectivity index is 1.31. The molecule has 1 N–H and O–H groups in total. The van der Waals surface area contributed by atoms with E-state index >= 15 is 0 Å². The molecule has 0 aliphatic carbocycles. The average Bonchev–Trinajstić information content (AvgIpc) is 3.37. The van der Waals surface area contributed by atoms with Crippen LogP contribution in [0.15, 0.2) is 72.4 Å². The van der Waals surface area contributed by atoms with Gasteiger partial charge in [-0.2, -0.15) is 0 Å². The molecule has 1 amide bonds. The van der Waals surface area contributed by atoms with Crippen molar-refractivity contribution in [1.82, 2.24) is 19.8 Å². The summed E-state index contributed by atoms with van der Waals surface area (Å²) in [5.74, 6) is 0.0304. The van der Waals surface area contributed by atoms with Crippen molar-refractivity contribution in [3.63, 3.8) is 0 Å². The predicted molar refractivity (Wildman–Crippen MR) is 148 cm³/mol. The van der Waals surface area contributed by atoms with Gasteiger partial charge in [-0.3, -0.25) is 9.78 Å². The Morgan fingerprint density at radius 3 is 2.64 bits per heavy atom. The second-order valence-corrected chi connectivity index (χ2v) is 10.3. The molecule has 6 nitrogen and oxygen atoms in total. The molecule has 3 aromatic carbocycles. The molecule has 1 aliphatic heterocycles. The van der Waals surface area contributed by atoms with Crippen molar-refractivity contribution in [1.29, 1.82) is 0 Å². The summed E-state index contributed by atoms with van der Waals surface area (Å²) in [7, 11) is 2.08. The minimum absolute atomic E-state index is 0.0304. The van der Waals surface area contributed by atoms with Gasteiger partial charge in [0.15, 0.2) is 0 Å². The quantitative estimate of drug-likeness (QED) is 0.306. The molecule has 0 atom stereocenters. The Morgan fingerprint density at radius 1 is 0.944 bits per heavy atom. The molecule has 1 fully saturated rings. The SMILES string of the molecule is CN1CCN(C(=O)c2ccc(-c3ccc4nccc(Nc5ccc6scnc6c5)c4c3)c(Cl)c2)CC1. The van der Waals surface area contributed by atoms with Gasteiger partial charge in [-0.15, -0.1) is 11.3 Å². The molecule has 5 aromatic rings. The lowest BCUT2D eigenvalue weighted by molar-refractivity contribution is 0.0664. The van der Waals surface area contributed by atoms with E-state index in [1.54, 1.807) is 23.6 Å². The zero-order valence-electron chi connectivity index (χ0n) is 19.7. The van der Waals surface area contributed by atoms with Crippen molar-refractivity contribution in [2.45, 2.75) is 0 Å². The summed E-state index contributed by atoms with van der Waals surface area (Å²) >= 11 is 8.35. The molecule has 0 bridgehead atoms. The Bertz CT molecular complexity index is 1590. The van der Waals surface area contributed by atoms with Gasteiger partial charge in [0.2, 0.25) is 0 Å². The molecule has 8 heteroatoms. The van der Waals surface area contributed by atoms with E-state index in [-0.39, 0.29) is 5.91 Å². The van der Waals surface area contributed by atoms with E-state index in [1.165, 1.54) is 0 Å². The van der Waals surface area contributed by atoms with Gasteiger partial charge in [0.25, 0.3) is 5.91 Å². The number of likely N-dealkylation sites (N-methyl/N-ethyl adjacent to an activating group) is 1. The third-order valence-electron chi connectivity index (χ3n) is 6.67. The number of hydrogen-bond donors (Lipinski definition) is 1. The summed E-state index contributed by atoms with van der Waals surface area (Å²) in [5, 5.41) is 5.07. The minimum Gasteiger partial charge on any atom is -0.355 e. The second-order valence-electron chi connectivity index (χ2n) is 9.04. The zero-order chi connectivity index (χ0) is 24.6. The first-order valence-corrected chi connectivity index (χ1v) is 13.1. The maximum Gasteiger partial charge on any atom is 0.253 e. The Morgan fingerprint density at radius 2 is 1.81 bits per heavy atom. The van der Waals surface area contributed by atoms with Crippen LogP contribution >= 0.6 is 22.9 Å². The molecule has 0 radical (unpaired) electrons. The minimum atomic E-state index is 0.0304. The zero-order valence-corrected chi connectivity index (χ0v) is 21.3. The van der Waals surface area contributed by atoms with Crippen molar-refractivity contribution in [2.75, 3.05) is 38.5 Å². The molecule has 0 spiro atoms. The van der Waals surface area contributed by atoms with Gasteiger partial charge in [0.05, 0.1) is 21.2 Å². The Kier molecular flexibility index (Phi) is 6.05. The molecular formula is C28H24ClN5OS. The molecule has 6 rings (SSSR count). The molecule has 0 saturated carbocycles. The van der Waals surface area contributed by atoms with Crippen LogP contribution in [0.1, 0.15) is 10.4 Å². The summed E-state index contributed by atoms with van der Waals surface area (Å²) in [5.41, 5.74) is 8.11.